The van der Waals surface area contributed by atoms with Crippen molar-refractivity contribution in [3.05, 3.63) is 42.5 Å². The molecule has 3 rings (SSSR count). The second-order valence-electron chi connectivity index (χ2n) is 6.95. The highest BCUT2D eigenvalue weighted by atomic mass is 16.5. The first-order valence-corrected chi connectivity index (χ1v) is 9.75. The van der Waals surface area contributed by atoms with Gasteiger partial charge in [-0.25, -0.2) is 0 Å². The minimum atomic E-state index is 0.546. The van der Waals surface area contributed by atoms with Gasteiger partial charge >= 0.3 is 0 Å². The van der Waals surface area contributed by atoms with Crippen LogP contribution in [0.5, 0.6) is 17.2 Å². The maximum Gasteiger partial charge on any atom is 0.195 e. The van der Waals surface area contributed by atoms with Crippen LogP contribution in [0.1, 0.15) is 6.42 Å². The van der Waals surface area contributed by atoms with Crippen molar-refractivity contribution in [2.75, 3.05) is 58.2 Å². The summed E-state index contributed by atoms with van der Waals surface area (Å²) in [4.78, 5) is 6.74. The van der Waals surface area contributed by atoms with Gasteiger partial charge in [0.05, 0.1) is 21.3 Å². The summed E-state index contributed by atoms with van der Waals surface area (Å²) in [5.74, 6) is 3.55. The van der Waals surface area contributed by atoms with Gasteiger partial charge in [0.1, 0.15) is 5.75 Å². The molecule has 7 heteroatoms. The van der Waals surface area contributed by atoms with E-state index < -0.39 is 0 Å². The van der Waals surface area contributed by atoms with Crippen molar-refractivity contribution in [3.63, 3.8) is 0 Å². The summed E-state index contributed by atoms with van der Waals surface area (Å²) in [6.45, 7) is 2.90. The predicted molar refractivity (Wildman–Crippen MR) is 118 cm³/mol. The van der Waals surface area contributed by atoms with Crippen LogP contribution in [0.15, 0.2) is 47.5 Å². The molecule has 1 aliphatic rings. The molecule has 2 aromatic carbocycles. The monoisotopic (exact) mass is 398 g/mol. The predicted octanol–water partition coefficient (Wildman–Crippen LogP) is 3.23. The lowest BCUT2D eigenvalue weighted by Crippen LogP contribution is -2.35. The molecular weight excluding hydrogens is 368 g/mol. The number of aliphatic imine (C=N–C) groups is 1. The zero-order valence-corrected chi connectivity index (χ0v) is 17.6. The van der Waals surface area contributed by atoms with E-state index in [1.165, 1.54) is 5.69 Å². The smallest absolute Gasteiger partial charge is 0.195 e. The molecule has 1 atom stereocenters. The van der Waals surface area contributed by atoms with Gasteiger partial charge in [-0.2, -0.15) is 0 Å². The molecule has 0 aliphatic carbocycles. The number of anilines is 2. The zero-order chi connectivity index (χ0) is 20.6. The summed E-state index contributed by atoms with van der Waals surface area (Å²) < 4.78 is 16.0. The normalized spacial score (nSPS) is 16.5. The van der Waals surface area contributed by atoms with Gasteiger partial charge in [-0.15, -0.1) is 0 Å². The molecule has 7 nitrogen and oxygen atoms in total. The van der Waals surface area contributed by atoms with Crippen LogP contribution in [-0.2, 0) is 0 Å². The molecule has 0 aromatic heterocycles. The Labute approximate surface area is 172 Å². The molecule has 156 valence electrons. The van der Waals surface area contributed by atoms with E-state index in [4.69, 9.17) is 14.2 Å². The Morgan fingerprint density at radius 1 is 1.07 bits per heavy atom. The standard InChI is InChI=1S/C22H30N4O3/c1-23-22(25-17-8-9-20(28-3)21(12-17)29-4)24-14-16-10-11-26(15-16)18-6-5-7-19(13-18)27-2/h5-9,12-13,16H,10-11,14-15H2,1-4H3,(H2,23,24,25). The third-order valence-electron chi connectivity index (χ3n) is 5.13. The number of nitrogens with zero attached hydrogens (tertiary/aromatic N) is 2. The Kier molecular flexibility index (Phi) is 7.05. The number of methoxy groups -OCH3 is 3. The number of rotatable bonds is 7. The molecule has 0 saturated carbocycles. The number of benzene rings is 2. The number of hydrogen-bond donors (Lipinski definition) is 2. The molecule has 0 bridgehead atoms. The van der Waals surface area contributed by atoms with Crippen LogP contribution in [0.4, 0.5) is 11.4 Å². The van der Waals surface area contributed by atoms with Crippen molar-refractivity contribution in [3.8, 4) is 17.2 Å². The van der Waals surface area contributed by atoms with Gasteiger partial charge in [-0.05, 0) is 36.6 Å². The average molecular weight is 399 g/mol. The first kappa shape index (κ1) is 20.6. The number of nitrogens with one attached hydrogen (secondary N) is 2. The van der Waals surface area contributed by atoms with Gasteiger partial charge in [0, 0.05) is 50.2 Å². The second-order valence-corrected chi connectivity index (χ2v) is 6.95. The van der Waals surface area contributed by atoms with Crippen molar-refractivity contribution in [2.45, 2.75) is 6.42 Å². The largest absolute Gasteiger partial charge is 0.497 e. The highest BCUT2D eigenvalue weighted by Gasteiger charge is 2.23. The van der Waals surface area contributed by atoms with Crippen molar-refractivity contribution < 1.29 is 14.2 Å². The van der Waals surface area contributed by atoms with E-state index in [1.807, 2.05) is 30.3 Å². The fraction of sp³-hybridized carbons (Fsp3) is 0.409. The Balaban J connectivity index is 1.53. The van der Waals surface area contributed by atoms with Gasteiger partial charge in [-0.1, -0.05) is 6.07 Å². The van der Waals surface area contributed by atoms with E-state index >= 15 is 0 Å². The van der Waals surface area contributed by atoms with Crippen LogP contribution in [0.25, 0.3) is 0 Å². The summed E-state index contributed by atoms with van der Waals surface area (Å²) in [5, 5.41) is 6.75. The van der Waals surface area contributed by atoms with E-state index in [2.05, 4.69) is 32.7 Å². The molecule has 0 amide bonds. The number of hydrogen-bond acceptors (Lipinski definition) is 5. The summed E-state index contributed by atoms with van der Waals surface area (Å²) in [6, 6.07) is 13.9. The van der Waals surface area contributed by atoms with Crippen LogP contribution >= 0.6 is 0 Å². The summed E-state index contributed by atoms with van der Waals surface area (Å²) in [6.07, 6.45) is 1.14. The third kappa shape index (κ3) is 5.25. The van der Waals surface area contributed by atoms with E-state index in [0.29, 0.717) is 17.4 Å². The number of ether oxygens (including phenoxy) is 3. The van der Waals surface area contributed by atoms with Crippen LogP contribution in [0.2, 0.25) is 0 Å². The molecule has 1 heterocycles. The lowest BCUT2D eigenvalue weighted by atomic mass is 10.1. The van der Waals surface area contributed by atoms with Gasteiger partial charge < -0.3 is 29.7 Å². The van der Waals surface area contributed by atoms with Gasteiger partial charge in [0.25, 0.3) is 0 Å². The topological polar surface area (TPSA) is 67.4 Å². The molecule has 1 fully saturated rings. The molecule has 29 heavy (non-hydrogen) atoms. The van der Waals surface area contributed by atoms with Crippen LogP contribution in [0, 0.1) is 5.92 Å². The Hall–Kier alpha value is -3.09. The van der Waals surface area contributed by atoms with Crippen LogP contribution in [0.3, 0.4) is 0 Å². The van der Waals surface area contributed by atoms with E-state index in [0.717, 1.165) is 43.5 Å². The second kappa shape index (κ2) is 9.91. The Morgan fingerprint density at radius 2 is 1.90 bits per heavy atom. The van der Waals surface area contributed by atoms with Gasteiger partial charge in [0.2, 0.25) is 0 Å². The molecule has 2 aromatic rings. The van der Waals surface area contributed by atoms with Crippen molar-refractivity contribution in [1.29, 1.82) is 0 Å². The molecule has 1 unspecified atom stereocenters. The summed E-state index contributed by atoms with van der Waals surface area (Å²) >= 11 is 0. The SMILES string of the molecule is CN=C(NCC1CCN(c2cccc(OC)c2)C1)Nc1ccc(OC)c(OC)c1. The van der Waals surface area contributed by atoms with Crippen LogP contribution < -0.4 is 29.7 Å². The summed E-state index contributed by atoms with van der Waals surface area (Å²) in [5.41, 5.74) is 2.10. The molecule has 0 spiro atoms. The van der Waals surface area contributed by atoms with E-state index in [9.17, 15) is 0 Å². The van der Waals surface area contributed by atoms with E-state index in [1.54, 1.807) is 28.4 Å². The number of guanidine groups is 1. The maximum absolute atomic E-state index is 5.36. The van der Waals surface area contributed by atoms with Gasteiger partial charge in [0.15, 0.2) is 17.5 Å². The first-order chi connectivity index (χ1) is 14.2. The molecule has 1 saturated heterocycles. The average Bonchev–Trinajstić information content (AvgIpc) is 3.25. The lowest BCUT2D eigenvalue weighted by Gasteiger charge is -2.20. The van der Waals surface area contributed by atoms with Crippen LogP contribution in [-0.4, -0.2) is 54.0 Å². The highest BCUT2D eigenvalue weighted by Crippen LogP contribution is 2.30. The summed E-state index contributed by atoms with van der Waals surface area (Å²) in [7, 11) is 6.73. The molecule has 1 aliphatic heterocycles. The minimum absolute atomic E-state index is 0.546. The highest BCUT2D eigenvalue weighted by molar-refractivity contribution is 5.93. The third-order valence-corrected chi connectivity index (χ3v) is 5.13. The first-order valence-electron chi connectivity index (χ1n) is 9.75. The van der Waals surface area contributed by atoms with E-state index in [-0.39, 0.29) is 0 Å². The minimum Gasteiger partial charge on any atom is -0.497 e. The zero-order valence-electron chi connectivity index (χ0n) is 17.6. The quantitative estimate of drug-likeness (QED) is 0.551. The molecular formula is C22H30N4O3. The molecule has 2 N–H and O–H groups in total. The maximum atomic E-state index is 5.36. The molecule has 0 radical (unpaired) electrons. The Morgan fingerprint density at radius 3 is 2.62 bits per heavy atom. The lowest BCUT2D eigenvalue weighted by molar-refractivity contribution is 0.355. The van der Waals surface area contributed by atoms with Gasteiger partial charge in [-0.3, -0.25) is 4.99 Å². The Bertz CT molecular complexity index is 841. The fourth-order valence-corrected chi connectivity index (χ4v) is 3.51. The fourth-order valence-electron chi connectivity index (χ4n) is 3.51. The van der Waals surface area contributed by atoms with Crippen molar-refractivity contribution >= 4 is 17.3 Å². The van der Waals surface area contributed by atoms with Crippen molar-refractivity contribution in [2.24, 2.45) is 10.9 Å². The van der Waals surface area contributed by atoms with Crippen molar-refractivity contribution in [1.82, 2.24) is 5.32 Å².